The third-order valence-corrected chi connectivity index (χ3v) is 8.86. The normalized spacial score (nSPS) is 19.4. The number of halogens is 4. The third-order valence-electron chi connectivity index (χ3n) is 8.86. The van der Waals surface area contributed by atoms with E-state index in [1.54, 1.807) is 18.2 Å². The van der Waals surface area contributed by atoms with Crippen LogP contribution in [0.15, 0.2) is 35.9 Å². The van der Waals surface area contributed by atoms with Gasteiger partial charge in [-0.15, -0.1) is 0 Å². The van der Waals surface area contributed by atoms with Crippen LogP contribution in [0, 0.1) is 11.6 Å². The molecule has 2 aromatic carbocycles. The van der Waals surface area contributed by atoms with Crippen LogP contribution in [0.2, 0.25) is 0 Å². The highest BCUT2D eigenvalue weighted by Gasteiger charge is 2.48. The number of nitrogens with zero attached hydrogens (tertiary/aromatic N) is 4. The molecule has 3 aliphatic rings. The topological polar surface area (TPSA) is 90.9 Å². The van der Waals surface area contributed by atoms with Crippen LogP contribution in [-0.2, 0) is 11.2 Å². The van der Waals surface area contributed by atoms with Crippen LogP contribution in [-0.4, -0.2) is 72.1 Å². The number of aromatic nitrogens is 3. The molecule has 4 aromatic rings. The van der Waals surface area contributed by atoms with Crippen molar-refractivity contribution in [2.45, 2.75) is 38.1 Å². The van der Waals surface area contributed by atoms with Crippen LogP contribution < -0.4 is 19.5 Å². The van der Waals surface area contributed by atoms with Gasteiger partial charge in [0.05, 0.1) is 12.1 Å². The third kappa shape index (κ3) is 5.07. The molecule has 9 nitrogen and oxygen atoms in total. The number of aryl methyl sites for hydroxylation is 1. The number of fused-ring (bicyclic) bond motifs is 2. The van der Waals surface area contributed by atoms with Crippen LogP contribution in [0.4, 0.5) is 23.4 Å². The molecule has 0 bridgehead atoms. The molecule has 0 amide bonds. The zero-order chi connectivity index (χ0) is 31.3. The van der Waals surface area contributed by atoms with Gasteiger partial charge in [-0.05, 0) is 66.8 Å². The van der Waals surface area contributed by atoms with E-state index in [-0.39, 0.29) is 72.9 Å². The summed E-state index contributed by atoms with van der Waals surface area (Å²) in [6, 6.07) is 6.22. The lowest BCUT2D eigenvalue weighted by Crippen LogP contribution is -2.43. The van der Waals surface area contributed by atoms with Gasteiger partial charge < -0.3 is 24.3 Å². The summed E-state index contributed by atoms with van der Waals surface area (Å²) in [4.78, 5) is 15.6. The summed E-state index contributed by atoms with van der Waals surface area (Å²) in [5, 5.41) is 4.50. The van der Waals surface area contributed by atoms with E-state index in [0.29, 0.717) is 53.6 Å². The Kier molecular flexibility index (Phi) is 7.60. The van der Waals surface area contributed by atoms with Crippen molar-refractivity contribution in [1.82, 2.24) is 19.9 Å². The minimum Gasteiger partial charge on any atom is -0.475 e. The highest BCUT2D eigenvalue weighted by molar-refractivity contribution is 6.03. The number of anilines is 1. The van der Waals surface area contributed by atoms with Crippen LogP contribution >= 0.6 is 0 Å². The lowest BCUT2D eigenvalue weighted by atomic mass is 9.94. The summed E-state index contributed by atoms with van der Waals surface area (Å²) in [6.07, 6.45) is 0.443. The maximum atomic E-state index is 16.8. The predicted octanol–water partition coefficient (Wildman–Crippen LogP) is 6.24. The first-order valence-corrected chi connectivity index (χ1v) is 14.9. The van der Waals surface area contributed by atoms with Crippen LogP contribution in [0.25, 0.3) is 32.9 Å². The van der Waals surface area contributed by atoms with E-state index < -0.39 is 23.3 Å². The molecule has 13 heteroatoms. The van der Waals surface area contributed by atoms with Crippen LogP contribution in [0.3, 0.4) is 0 Å². The van der Waals surface area contributed by atoms with Crippen molar-refractivity contribution in [1.29, 1.82) is 0 Å². The number of methoxy groups -OCH3 is 1. The first-order valence-electron chi connectivity index (χ1n) is 14.9. The number of ether oxygens (including phenoxy) is 4. The van der Waals surface area contributed by atoms with E-state index >= 15 is 8.78 Å². The minimum atomic E-state index is -1.65. The Morgan fingerprint density at radius 3 is 2.78 bits per heavy atom. The molecule has 5 heterocycles. The molecule has 2 fully saturated rings. The van der Waals surface area contributed by atoms with Crippen molar-refractivity contribution in [3.8, 4) is 28.9 Å². The average molecular weight is 626 g/mol. The van der Waals surface area contributed by atoms with Gasteiger partial charge in [0.1, 0.15) is 47.2 Å². The second kappa shape index (κ2) is 11.6. The first-order chi connectivity index (χ1) is 21.8. The van der Waals surface area contributed by atoms with Gasteiger partial charge >= 0.3 is 6.01 Å². The average Bonchev–Trinajstić information content (AvgIpc) is 3.52. The van der Waals surface area contributed by atoms with E-state index in [4.69, 9.17) is 18.9 Å². The van der Waals surface area contributed by atoms with Gasteiger partial charge in [0, 0.05) is 24.8 Å². The summed E-state index contributed by atoms with van der Waals surface area (Å²) >= 11 is 0. The summed E-state index contributed by atoms with van der Waals surface area (Å²) in [6.45, 7) is 3.30. The maximum Gasteiger partial charge on any atom is 0.319 e. The van der Waals surface area contributed by atoms with E-state index in [9.17, 15) is 8.78 Å². The van der Waals surface area contributed by atoms with Crippen molar-refractivity contribution < 1.29 is 36.5 Å². The predicted molar refractivity (Wildman–Crippen MR) is 159 cm³/mol. The number of benzene rings is 2. The molecule has 1 unspecified atom stereocenters. The van der Waals surface area contributed by atoms with Crippen LogP contribution in [0.5, 0.6) is 17.6 Å². The number of nitrogens with one attached hydrogen (secondary N) is 1. The lowest BCUT2D eigenvalue weighted by molar-refractivity contribution is 0.0512. The summed E-state index contributed by atoms with van der Waals surface area (Å²) in [5.41, 5.74) is 0.00903. The van der Waals surface area contributed by atoms with Crippen molar-refractivity contribution >= 4 is 27.5 Å². The molecule has 1 atom stereocenters. The second-order valence-electron chi connectivity index (χ2n) is 11.5. The zero-order valence-electron chi connectivity index (χ0n) is 24.8. The Morgan fingerprint density at radius 1 is 1.11 bits per heavy atom. The molecule has 2 saturated heterocycles. The van der Waals surface area contributed by atoms with Gasteiger partial charge in [0.15, 0.2) is 12.6 Å². The minimum absolute atomic E-state index is 0.0497. The van der Waals surface area contributed by atoms with Crippen molar-refractivity contribution in [3.05, 3.63) is 53.1 Å². The fourth-order valence-corrected chi connectivity index (χ4v) is 6.81. The van der Waals surface area contributed by atoms with Gasteiger partial charge in [0.2, 0.25) is 5.88 Å². The SMILES string of the molecule is CCc1c(F)ccc2cc(OCOC)cc(-c3nc4c5c(nc(OCC67CCCN6CC(=C(F)F)C7)nc5c3F)NCCO4)c12. The molecule has 2 aromatic heterocycles. The zero-order valence-corrected chi connectivity index (χ0v) is 24.8. The van der Waals surface area contributed by atoms with Gasteiger partial charge in [0.25, 0.3) is 6.08 Å². The van der Waals surface area contributed by atoms with Gasteiger partial charge in [-0.3, -0.25) is 4.90 Å². The molecule has 0 saturated carbocycles. The molecule has 7 rings (SSSR count). The number of rotatable bonds is 8. The van der Waals surface area contributed by atoms with E-state index in [1.165, 1.54) is 13.2 Å². The second-order valence-corrected chi connectivity index (χ2v) is 11.5. The van der Waals surface area contributed by atoms with E-state index in [0.717, 1.165) is 6.42 Å². The first kappa shape index (κ1) is 29.5. The maximum absolute atomic E-state index is 16.8. The number of hydrogen-bond acceptors (Lipinski definition) is 9. The molecule has 3 aliphatic heterocycles. The Bertz CT molecular complexity index is 1850. The molecule has 0 aliphatic carbocycles. The molecular formula is C32H31F4N5O4. The Morgan fingerprint density at radius 2 is 1.98 bits per heavy atom. The number of pyridine rings is 1. The largest absolute Gasteiger partial charge is 0.475 e. The highest BCUT2D eigenvalue weighted by Crippen LogP contribution is 2.44. The van der Waals surface area contributed by atoms with Gasteiger partial charge in [-0.25, -0.2) is 13.8 Å². The Labute approximate surface area is 256 Å². The summed E-state index contributed by atoms with van der Waals surface area (Å²) < 4.78 is 81.6. The summed E-state index contributed by atoms with van der Waals surface area (Å²) in [7, 11) is 1.48. The Balaban J connectivity index is 1.37. The smallest absolute Gasteiger partial charge is 0.319 e. The van der Waals surface area contributed by atoms with Crippen molar-refractivity contribution in [3.63, 3.8) is 0 Å². The molecule has 0 spiro atoms. The summed E-state index contributed by atoms with van der Waals surface area (Å²) in [5.74, 6) is -0.425. The van der Waals surface area contributed by atoms with Crippen LogP contribution in [0.1, 0.15) is 31.7 Å². The van der Waals surface area contributed by atoms with E-state index in [2.05, 4.69) is 20.3 Å². The monoisotopic (exact) mass is 625 g/mol. The quantitative estimate of drug-likeness (QED) is 0.181. The molecule has 0 radical (unpaired) electrons. The fourth-order valence-electron chi connectivity index (χ4n) is 6.81. The van der Waals surface area contributed by atoms with E-state index in [1.807, 2.05) is 11.8 Å². The van der Waals surface area contributed by atoms with Crippen molar-refractivity contribution in [2.24, 2.45) is 0 Å². The molecule has 45 heavy (non-hydrogen) atoms. The standard InChI is InChI=1S/C32H31F4N5O4/c1-3-20-22(33)6-5-17-11-19(45-16-42-2)12-21(23(17)20)26-25(34)27-24-29(37-8-10-43-30(24)38-26)40-31(39-27)44-15-32-7-4-9-41(32)14-18(13-32)28(35)36/h5-6,11-12H,3-4,7-10,13-16H2,1-2H3,(H,37,39,40). The van der Waals surface area contributed by atoms with Crippen molar-refractivity contribution in [2.75, 3.05) is 52.1 Å². The fraction of sp³-hybridized carbons (Fsp3) is 0.406. The molecule has 1 N–H and O–H groups in total. The van der Waals surface area contributed by atoms with Gasteiger partial charge in [-0.2, -0.15) is 18.7 Å². The lowest BCUT2D eigenvalue weighted by Gasteiger charge is -2.30. The number of hydrogen-bond donors (Lipinski definition) is 1. The molecule has 236 valence electrons. The highest BCUT2D eigenvalue weighted by atomic mass is 19.3. The van der Waals surface area contributed by atoms with Gasteiger partial charge in [-0.1, -0.05) is 13.0 Å². The Hall–Kier alpha value is -4.23. The molecular weight excluding hydrogens is 594 g/mol.